The molecule has 4 unspecified atom stereocenters. The number of benzene rings is 2. The maximum absolute atomic E-state index is 13.0. The van der Waals surface area contributed by atoms with Gasteiger partial charge in [0.25, 0.3) is 0 Å². The third-order valence-corrected chi connectivity index (χ3v) is 8.43. The molecule has 35 heavy (non-hydrogen) atoms. The van der Waals surface area contributed by atoms with Crippen LogP contribution in [0.25, 0.3) is 5.57 Å². The molecule has 0 aromatic heterocycles. The summed E-state index contributed by atoms with van der Waals surface area (Å²) in [5, 5.41) is 11.9. The van der Waals surface area contributed by atoms with E-state index in [2.05, 4.69) is 76.5 Å². The second kappa shape index (κ2) is 10.6. The van der Waals surface area contributed by atoms with Crippen molar-refractivity contribution in [3.05, 3.63) is 76.7 Å². The molecule has 0 radical (unpaired) electrons. The van der Waals surface area contributed by atoms with Crippen molar-refractivity contribution >= 4 is 29.1 Å². The molecule has 5 rings (SSSR count). The van der Waals surface area contributed by atoms with Crippen LogP contribution in [-0.2, 0) is 16.1 Å². The molecule has 2 saturated heterocycles. The van der Waals surface area contributed by atoms with Gasteiger partial charge in [0.05, 0.1) is 12.0 Å². The Balaban J connectivity index is 1.19. The second-order valence-corrected chi connectivity index (χ2v) is 11.0. The van der Waals surface area contributed by atoms with Crippen LogP contribution in [0.15, 0.2) is 60.0 Å². The van der Waals surface area contributed by atoms with E-state index < -0.39 is 0 Å². The Labute approximate surface area is 211 Å². The predicted octanol–water partition coefficient (Wildman–Crippen LogP) is 3.67. The van der Waals surface area contributed by atoms with Gasteiger partial charge in [-0.2, -0.15) is 0 Å². The quantitative estimate of drug-likeness (QED) is 0.576. The zero-order valence-corrected chi connectivity index (χ0v) is 21.2. The Morgan fingerprint density at radius 2 is 1.91 bits per heavy atom. The van der Waals surface area contributed by atoms with E-state index in [0.717, 1.165) is 36.1 Å². The molecule has 2 aromatic carbocycles. The number of hydrogen-bond acceptors (Lipinski definition) is 5. The van der Waals surface area contributed by atoms with Crippen LogP contribution >= 0.6 is 11.8 Å². The van der Waals surface area contributed by atoms with E-state index in [0.29, 0.717) is 19.0 Å². The molecule has 0 saturated carbocycles. The molecule has 3 aliphatic rings. The lowest BCUT2D eigenvalue weighted by atomic mass is 9.94. The van der Waals surface area contributed by atoms with Crippen LogP contribution in [0.5, 0.6) is 0 Å². The van der Waals surface area contributed by atoms with Crippen molar-refractivity contribution in [2.24, 2.45) is 5.92 Å². The van der Waals surface area contributed by atoms with Gasteiger partial charge in [0, 0.05) is 19.6 Å². The number of amides is 2. The van der Waals surface area contributed by atoms with Crippen molar-refractivity contribution in [2.45, 2.75) is 56.7 Å². The standard InChI is InChI=1S/C28H34N4O2S/c1-18(2)20-12-10-19(11-13-20)15-29-26(33)22-9-6-14-32(16-22)28-30-24-23(21-7-4-3-5-8-21)17-35-25(24)27(34)31-28/h3-5,7-8,10-13,17-18,22,24-25,28,30H,6,9,14-16H2,1-2H3,(H,29,33)(H,31,34). The Morgan fingerprint density at radius 1 is 1.14 bits per heavy atom. The summed E-state index contributed by atoms with van der Waals surface area (Å²) >= 11 is 1.58. The Morgan fingerprint density at radius 3 is 2.66 bits per heavy atom. The van der Waals surface area contributed by atoms with Crippen molar-refractivity contribution < 1.29 is 9.59 Å². The molecule has 0 bridgehead atoms. The van der Waals surface area contributed by atoms with E-state index in [-0.39, 0.29) is 35.3 Å². The average molecular weight is 491 g/mol. The van der Waals surface area contributed by atoms with Gasteiger partial charge >= 0.3 is 0 Å². The summed E-state index contributed by atoms with van der Waals surface area (Å²) in [6.07, 6.45) is 1.53. The lowest BCUT2D eigenvalue weighted by Crippen LogP contribution is -2.69. The zero-order valence-electron chi connectivity index (χ0n) is 20.4. The molecule has 2 aromatic rings. The summed E-state index contributed by atoms with van der Waals surface area (Å²) in [4.78, 5) is 28.1. The minimum absolute atomic E-state index is 0.0378. The first-order valence-corrected chi connectivity index (χ1v) is 13.5. The van der Waals surface area contributed by atoms with Gasteiger partial charge < -0.3 is 10.6 Å². The molecule has 2 amide bonds. The summed E-state index contributed by atoms with van der Waals surface area (Å²) in [6.45, 7) is 6.38. The molecule has 0 spiro atoms. The van der Waals surface area contributed by atoms with E-state index >= 15 is 0 Å². The van der Waals surface area contributed by atoms with Crippen molar-refractivity contribution in [2.75, 3.05) is 13.1 Å². The fraction of sp³-hybridized carbons (Fsp3) is 0.429. The first kappa shape index (κ1) is 24.1. The molecule has 2 fully saturated rings. The van der Waals surface area contributed by atoms with E-state index in [1.807, 2.05) is 18.2 Å². The number of piperidine rings is 1. The highest BCUT2D eigenvalue weighted by atomic mass is 32.2. The molecule has 7 heteroatoms. The SMILES string of the molecule is CC(C)c1ccc(CNC(=O)C2CCCN(C3NC(=O)C4SC=C(c5ccccc5)C4N3)C2)cc1. The van der Waals surface area contributed by atoms with Gasteiger partial charge in [-0.05, 0) is 46.4 Å². The van der Waals surface area contributed by atoms with Crippen LogP contribution in [0, 0.1) is 5.92 Å². The minimum Gasteiger partial charge on any atom is -0.352 e. The first-order chi connectivity index (χ1) is 17.0. The number of thioether (sulfide) groups is 1. The fourth-order valence-corrected chi connectivity index (χ4v) is 6.31. The minimum atomic E-state index is -0.270. The predicted molar refractivity (Wildman–Crippen MR) is 141 cm³/mol. The lowest BCUT2D eigenvalue weighted by Gasteiger charge is -2.43. The van der Waals surface area contributed by atoms with Crippen LogP contribution in [-0.4, -0.2) is 47.4 Å². The molecule has 3 aliphatic heterocycles. The van der Waals surface area contributed by atoms with Gasteiger partial charge in [-0.3, -0.25) is 19.8 Å². The summed E-state index contributed by atoms with van der Waals surface area (Å²) in [6, 6.07) is 18.7. The largest absolute Gasteiger partial charge is 0.352 e. The van der Waals surface area contributed by atoms with Crippen LogP contribution in [0.4, 0.5) is 0 Å². The van der Waals surface area contributed by atoms with E-state index in [9.17, 15) is 9.59 Å². The number of rotatable bonds is 6. The first-order valence-electron chi connectivity index (χ1n) is 12.6. The van der Waals surface area contributed by atoms with Crippen LogP contribution in [0.1, 0.15) is 49.3 Å². The Hall–Kier alpha value is -2.61. The third-order valence-electron chi connectivity index (χ3n) is 7.26. The normalized spacial score (nSPS) is 26.7. The van der Waals surface area contributed by atoms with E-state index in [1.165, 1.54) is 5.56 Å². The molecule has 3 heterocycles. The molecule has 4 atom stereocenters. The van der Waals surface area contributed by atoms with Crippen molar-refractivity contribution in [3.63, 3.8) is 0 Å². The molecule has 3 N–H and O–H groups in total. The van der Waals surface area contributed by atoms with Crippen LogP contribution in [0.3, 0.4) is 0 Å². The molecular formula is C28H34N4O2S. The average Bonchev–Trinajstić information content (AvgIpc) is 3.33. The van der Waals surface area contributed by atoms with Gasteiger partial charge in [0.1, 0.15) is 11.5 Å². The number of nitrogens with one attached hydrogen (secondary N) is 3. The van der Waals surface area contributed by atoms with Gasteiger partial charge in [0.15, 0.2) is 0 Å². The smallest absolute Gasteiger partial charge is 0.237 e. The topological polar surface area (TPSA) is 73.5 Å². The van der Waals surface area contributed by atoms with Crippen molar-refractivity contribution in [1.82, 2.24) is 20.9 Å². The van der Waals surface area contributed by atoms with Gasteiger partial charge in [-0.25, -0.2) is 0 Å². The number of hydrogen-bond donors (Lipinski definition) is 3. The van der Waals surface area contributed by atoms with Crippen LogP contribution in [0.2, 0.25) is 0 Å². The Kier molecular flexibility index (Phi) is 7.27. The molecule has 6 nitrogen and oxygen atoms in total. The maximum Gasteiger partial charge on any atom is 0.237 e. The summed E-state index contributed by atoms with van der Waals surface area (Å²) in [7, 11) is 0. The number of carbonyl (C=O) groups excluding carboxylic acids is 2. The highest BCUT2D eigenvalue weighted by molar-refractivity contribution is 8.04. The van der Waals surface area contributed by atoms with Gasteiger partial charge in [-0.1, -0.05) is 68.4 Å². The molecular weight excluding hydrogens is 456 g/mol. The highest BCUT2D eigenvalue weighted by Crippen LogP contribution is 2.38. The Bertz CT molecular complexity index is 1090. The molecule has 0 aliphatic carbocycles. The monoisotopic (exact) mass is 490 g/mol. The summed E-state index contributed by atoms with van der Waals surface area (Å²) in [5.74, 6) is 0.557. The third kappa shape index (κ3) is 5.32. The lowest BCUT2D eigenvalue weighted by molar-refractivity contribution is -0.129. The highest BCUT2D eigenvalue weighted by Gasteiger charge is 2.44. The number of likely N-dealkylation sites (tertiary alicyclic amines) is 1. The number of fused-ring (bicyclic) bond motifs is 1. The van der Waals surface area contributed by atoms with Crippen molar-refractivity contribution in [3.8, 4) is 0 Å². The van der Waals surface area contributed by atoms with E-state index in [1.54, 1.807) is 11.8 Å². The summed E-state index contributed by atoms with van der Waals surface area (Å²) < 4.78 is 0. The second-order valence-electron chi connectivity index (χ2n) is 10.00. The van der Waals surface area contributed by atoms with Crippen molar-refractivity contribution in [1.29, 1.82) is 0 Å². The number of carbonyl (C=O) groups is 2. The summed E-state index contributed by atoms with van der Waals surface area (Å²) in [5.41, 5.74) is 4.72. The van der Waals surface area contributed by atoms with Gasteiger partial charge in [-0.15, -0.1) is 11.8 Å². The van der Waals surface area contributed by atoms with Crippen LogP contribution < -0.4 is 16.0 Å². The van der Waals surface area contributed by atoms with E-state index in [4.69, 9.17) is 0 Å². The number of nitrogens with zero attached hydrogens (tertiary/aromatic N) is 1. The maximum atomic E-state index is 13.0. The van der Waals surface area contributed by atoms with Gasteiger partial charge in [0.2, 0.25) is 11.8 Å². The molecule has 184 valence electrons. The zero-order chi connectivity index (χ0) is 24.4. The fourth-order valence-electron chi connectivity index (χ4n) is 5.16.